The maximum atomic E-state index is 14.6. The minimum atomic E-state index is -4.34. The van der Waals surface area contributed by atoms with Crippen molar-refractivity contribution < 1.29 is 138 Å². The topological polar surface area (TPSA) is 467 Å². The number of phenols is 11. The summed E-state index contributed by atoms with van der Waals surface area (Å²) >= 11 is 0. The molecule has 8 unspecified atom stereocenters. The van der Waals surface area contributed by atoms with Crippen LogP contribution in [0.25, 0.3) is 11.1 Å². The van der Waals surface area contributed by atoms with Crippen LogP contribution in [0.3, 0.4) is 0 Å². The van der Waals surface area contributed by atoms with Crippen LogP contribution in [0, 0.1) is 0 Å². The molecule has 8 rings (SSSR count). The summed E-state index contributed by atoms with van der Waals surface area (Å²) in [5.41, 5.74) is -12.3. The summed E-state index contributed by atoms with van der Waals surface area (Å²) in [6, 6.07) is 2.03. The lowest BCUT2D eigenvalue weighted by atomic mass is 9.74. The van der Waals surface area contributed by atoms with E-state index in [4.69, 9.17) is 33.2 Å². The predicted molar refractivity (Wildman–Crippen MR) is 203 cm³/mol. The third-order valence-electron chi connectivity index (χ3n) is 11.1. The number of aliphatic hydroxyl groups is 2. The van der Waals surface area contributed by atoms with E-state index in [1.165, 1.54) is 0 Å². The van der Waals surface area contributed by atoms with Gasteiger partial charge >= 0.3 is 41.8 Å². The Morgan fingerprint density at radius 2 is 1.10 bits per heavy atom. The normalized spacial score (nSPS) is 25.4. The molecule has 1 fully saturated rings. The number of aromatic hydroxyl groups is 11. The summed E-state index contributed by atoms with van der Waals surface area (Å²) in [5.74, 6) is -33.4. The fourth-order valence-electron chi connectivity index (χ4n) is 7.81. The average molecular weight is 957 g/mol. The molecule has 4 aliphatic rings. The molecule has 0 radical (unpaired) electrons. The van der Waals surface area contributed by atoms with E-state index in [0.29, 0.717) is 24.3 Å². The highest BCUT2D eigenvalue weighted by molar-refractivity contribution is 6.09. The summed E-state index contributed by atoms with van der Waals surface area (Å²) in [4.78, 5) is 97.2. The molecule has 0 amide bonds. The quantitative estimate of drug-likeness (QED) is 0.0374. The Bertz CT molecular complexity index is 2930. The Labute approximate surface area is 372 Å². The van der Waals surface area contributed by atoms with Crippen LogP contribution in [0.4, 0.5) is 0 Å². The minimum Gasteiger partial charge on any atom is -0.504 e. The second-order valence-electron chi connectivity index (χ2n) is 15.0. The Morgan fingerprint density at radius 3 is 1.68 bits per heavy atom. The molecular formula is C40H28O28. The Balaban J connectivity index is 1.40. The Morgan fingerprint density at radius 1 is 0.603 bits per heavy atom. The molecule has 0 aromatic heterocycles. The highest BCUT2D eigenvalue weighted by atomic mass is 16.7. The lowest BCUT2D eigenvalue weighted by Crippen LogP contribution is -2.65. The number of esters is 6. The maximum absolute atomic E-state index is 14.6. The van der Waals surface area contributed by atoms with Crippen molar-refractivity contribution >= 4 is 41.8 Å². The van der Waals surface area contributed by atoms with Gasteiger partial charge in [0.1, 0.15) is 12.7 Å². The van der Waals surface area contributed by atoms with Crippen LogP contribution < -0.4 is 4.74 Å². The minimum absolute atomic E-state index is 0.283. The molecule has 4 aromatic carbocycles. The van der Waals surface area contributed by atoms with Crippen LogP contribution in [0.1, 0.15) is 52.9 Å². The summed E-state index contributed by atoms with van der Waals surface area (Å²) in [7, 11) is 0. The van der Waals surface area contributed by atoms with Gasteiger partial charge in [-0.1, -0.05) is 0 Å². The van der Waals surface area contributed by atoms with Crippen molar-refractivity contribution in [1.82, 2.24) is 0 Å². The first-order valence-electron chi connectivity index (χ1n) is 18.8. The lowest BCUT2D eigenvalue weighted by molar-refractivity contribution is -0.289. The zero-order valence-corrected chi connectivity index (χ0v) is 33.1. The molecule has 0 saturated carbocycles. The molecule has 68 heavy (non-hydrogen) atoms. The van der Waals surface area contributed by atoms with Gasteiger partial charge in [-0.2, -0.15) is 0 Å². The van der Waals surface area contributed by atoms with Gasteiger partial charge in [-0.15, -0.1) is 0 Å². The zero-order chi connectivity index (χ0) is 49.7. The van der Waals surface area contributed by atoms with Crippen molar-refractivity contribution in [2.45, 2.75) is 48.3 Å². The third-order valence-corrected chi connectivity index (χ3v) is 11.1. The molecule has 28 heteroatoms. The van der Waals surface area contributed by atoms with Crippen molar-refractivity contribution in [3.63, 3.8) is 0 Å². The smallest absolute Gasteiger partial charge is 0.351 e. The number of phenolic OH excluding ortho intramolecular Hbond substituents is 11. The van der Waals surface area contributed by atoms with E-state index < -0.39 is 205 Å². The van der Waals surface area contributed by atoms with Crippen LogP contribution in [-0.2, 0) is 42.8 Å². The van der Waals surface area contributed by atoms with Crippen LogP contribution in [0.2, 0.25) is 0 Å². The van der Waals surface area contributed by atoms with Gasteiger partial charge in [-0.3, -0.25) is 0 Å². The number of rotatable bonds is 3. The zero-order valence-electron chi connectivity index (χ0n) is 33.1. The number of hydrogen-bond acceptors (Lipinski definition) is 27. The number of aliphatic hydroxyl groups excluding tert-OH is 1. The van der Waals surface area contributed by atoms with Crippen molar-refractivity contribution in [1.29, 1.82) is 0 Å². The first kappa shape index (κ1) is 45.4. The van der Waals surface area contributed by atoms with E-state index in [2.05, 4.69) is 0 Å². The number of fused-ring (bicyclic) bond motifs is 3. The molecule has 4 aliphatic heterocycles. The molecule has 28 nitrogen and oxygen atoms in total. The number of cyclic esters (lactones) is 1. The predicted octanol–water partition coefficient (Wildman–Crippen LogP) is -1.28. The number of aliphatic carboxylic acids is 1. The molecule has 4 bridgehead atoms. The van der Waals surface area contributed by atoms with E-state index >= 15 is 0 Å². The fraction of sp³-hybridized carbons (Fsp3) is 0.225. The largest absolute Gasteiger partial charge is 0.504 e. The Hall–Kier alpha value is -9.15. The van der Waals surface area contributed by atoms with Gasteiger partial charge in [0.05, 0.1) is 28.2 Å². The van der Waals surface area contributed by atoms with Crippen LogP contribution >= 0.6 is 0 Å². The molecule has 4 heterocycles. The van der Waals surface area contributed by atoms with Gasteiger partial charge in [-0.05, 0) is 30.3 Å². The SMILES string of the molecule is O=C(OC1OC2COC(=O)c3cc(O)c(O)c(O)c3-c3c(cc(O)c(O)c3O)C(=O)OC3C2OC(=O)C(O)(C(=O)O)C2c4c(cc(O)c(O)c4OC(=O)C2O)C(=O)OC13)c1cc(O)c(O)c(O)c1. The molecule has 1 saturated heterocycles. The first-order valence-corrected chi connectivity index (χ1v) is 18.8. The maximum Gasteiger partial charge on any atom is 0.351 e. The number of ether oxygens (including phenoxy) is 7. The molecule has 0 aliphatic carbocycles. The second kappa shape index (κ2) is 15.8. The summed E-state index contributed by atoms with van der Waals surface area (Å²) in [5, 5.41) is 149. The highest BCUT2D eigenvalue weighted by Gasteiger charge is 2.65. The van der Waals surface area contributed by atoms with E-state index in [-0.39, 0.29) is 6.07 Å². The molecule has 0 spiro atoms. The van der Waals surface area contributed by atoms with Gasteiger partial charge < -0.3 is 105 Å². The highest BCUT2D eigenvalue weighted by Crippen LogP contribution is 2.54. The molecular weight excluding hydrogens is 928 g/mol. The summed E-state index contributed by atoms with van der Waals surface area (Å²) < 4.78 is 38.0. The number of carbonyl (C=O) groups is 7. The monoisotopic (exact) mass is 956 g/mol. The third kappa shape index (κ3) is 6.77. The van der Waals surface area contributed by atoms with Gasteiger partial charge in [0, 0.05) is 16.7 Å². The number of carboxylic acids is 1. The lowest BCUT2D eigenvalue weighted by Gasteiger charge is -2.44. The van der Waals surface area contributed by atoms with Crippen molar-refractivity contribution in [2.75, 3.05) is 6.61 Å². The fourth-order valence-corrected chi connectivity index (χ4v) is 7.81. The van der Waals surface area contributed by atoms with Gasteiger partial charge in [0.15, 0.2) is 70.1 Å². The van der Waals surface area contributed by atoms with Crippen molar-refractivity contribution in [3.8, 4) is 80.1 Å². The van der Waals surface area contributed by atoms with Crippen LogP contribution in [0.5, 0.6) is 69.0 Å². The van der Waals surface area contributed by atoms with Gasteiger partial charge in [0.2, 0.25) is 29.6 Å². The Kier molecular flexibility index (Phi) is 10.5. The first-order chi connectivity index (χ1) is 31.9. The molecule has 14 N–H and O–H groups in total. The number of hydrogen-bond donors (Lipinski definition) is 14. The molecule has 356 valence electrons. The number of carbonyl (C=O) groups excluding carboxylic acids is 6. The summed E-state index contributed by atoms with van der Waals surface area (Å²) in [6.07, 6.45) is -16.1. The standard InChI is InChI=1S/C40H28O28/c41-11-1-7(2-12(42)21(11)46)32(53)68-37-31-30-28(67-39(60)40(61,38(58)59)20-19-10(35(56)66-31)5-15(45)24(49)29(19)64-36(57)27(20)52)16(63-37)6-62-33(54)8-3-13(43)22(47)25(50)17(8)18-9(34(55)65-30)4-14(44)23(48)26(18)51/h1-5,16,20,27-28,30-31,37,41-52,61H,6H2,(H,58,59). The van der Waals surface area contributed by atoms with E-state index in [1.54, 1.807) is 0 Å². The van der Waals surface area contributed by atoms with Gasteiger partial charge in [0.25, 0.3) is 5.60 Å². The van der Waals surface area contributed by atoms with Crippen molar-refractivity contribution in [3.05, 3.63) is 58.1 Å². The van der Waals surface area contributed by atoms with Crippen LogP contribution in [0.15, 0.2) is 30.3 Å². The number of benzene rings is 4. The van der Waals surface area contributed by atoms with Gasteiger partial charge in [-0.25, -0.2) is 33.6 Å². The molecule has 4 aromatic rings. The van der Waals surface area contributed by atoms with Crippen LogP contribution in [-0.4, -0.2) is 162 Å². The summed E-state index contributed by atoms with van der Waals surface area (Å²) in [6.45, 7) is -1.43. The van der Waals surface area contributed by atoms with E-state index in [0.717, 1.165) is 0 Å². The van der Waals surface area contributed by atoms with Crippen molar-refractivity contribution in [2.24, 2.45) is 0 Å². The van der Waals surface area contributed by atoms with E-state index in [9.17, 15) is 105 Å². The second-order valence-corrected chi connectivity index (χ2v) is 15.0. The molecule has 8 atom stereocenters. The van der Waals surface area contributed by atoms with E-state index in [1.807, 2.05) is 0 Å². The average Bonchev–Trinajstić information content (AvgIpc) is 3.28. The number of carboxylic acid groups (broad SMARTS) is 1.